The Balaban J connectivity index is 1.36. The van der Waals surface area contributed by atoms with E-state index in [1.54, 1.807) is 13.0 Å². The molecule has 1 aromatic carbocycles. The topological polar surface area (TPSA) is 88.3 Å². The summed E-state index contributed by atoms with van der Waals surface area (Å²) >= 11 is 0. The maximum atomic E-state index is 13.3. The van der Waals surface area contributed by atoms with Crippen molar-refractivity contribution in [2.45, 2.75) is 38.6 Å². The molecule has 1 atom stereocenters. The Morgan fingerprint density at radius 1 is 1.26 bits per heavy atom. The van der Waals surface area contributed by atoms with Gasteiger partial charge in [0.1, 0.15) is 11.9 Å². The van der Waals surface area contributed by atoms with Gasteiger partial charge in [-0.2, -0.15) is 4.98 Å². The molecule has 2 aliphatic rings. The first-order valence-corrected chi connectivity index (χ1v) is 9.15. The summed E-state index contributed by atoms with van der Waals surface area (Å²) in [4.78, 5) is 30.7. The van der Waals surface area contributed by atoms with Crippen LogP contribution in [0.15, 0.2) is 28.8 Å². The van der Waals surface area contributed by atoms with E-state index in [9.17, 15) is 14.0 Å². The summed E-state index contributed by atoms with van der Waals surface area (Å²) in [7, 11) is 0. The van der Waals surface area contributed by atoms with E-state index in [4.69, 9.17) is 4.52 Å². The highest BCUT2D eigenvalue weighted by Gasteiger charge is 2.45. The highest BCUT2D eigenvalue weighted by Crippen LogP contribution is 2.53. The maximum Gasteiger partial charge on any atom is 0.293 e. The number of rotatable bonds is 4. The molecule has 2 fully saturated rings. The molecule has 1 aliphatic heterocycles. The van der Waals surface area contributed by atoms with E-state index < -0.39 is 17.8 Å². The van der Waals surface area contributed by atoms with Crippen molar-refractivity contribution in [2.75, 3.05) is 13.1 Å². The lowest BCUT2D eigenvalue weighted by Gasteiger charge is -2.33. The van der Waals surface area contributed by atoms with Gasteiger partial charge in [-0.25, -0.2) is 4.39 Å². The minimum Gasteiger partial charge on any atom is -0.341 e. The number of hydrogen-bond donors (Lipinski definition) is 1. The molecule has 1 unspecified atom stereocenters. The molecule has 2 heterocycles. The van der Waals surface area contributed by atoms with Crippen LogP contribution < -0.4 is 5.32 Å². The Hall–Kier alpha value is -2.77. The van der Waals surface area contributed by atoms with Gasteiger partial charge in [0.25, 0.3) is 17.6 Å². The molecule has 1 saturated carbocycles. The first kappa shape index (κ1) is 17.6. The van der Waals surface area contributed by atoms with Gasteiger partial charge in [-0.15, -0.1) is 0 Å². The highest BCUT2D eigenvalue weighted by atomic mass is 19.1. The number of hydrogen-bond acceptors (Lipinski definition) is 5. The number of nitrogens with one attached hydrogen (secondary N) is 1. The van der Waals surface area contributed by atoms with Crippen LogP contribution in [0.2, 0.25) is 0 Å². The van der Waals surface area contributed by atoms with E-state index in [0.29, 0.717) is 11.0 Å². The van der Waals surface area contributed by atoms with Crippen molar-refractivity contribution < 1.29 is 18.5 Å². The largest absolute Gasteiger partial charge is 0.341 e. The smallest absolute Gasteiger partial charge is 0.293 e. The second-order valence-corrected chi connectivity index (χ2v) is 7.45. The molecule has 1 saturated heterocycles. The summed E-state index contributed by atoms with van der Waals surface area (Å²) < 4.78 is 18.3. The quantitative estimate of drug-likeness (QED) is 0.890. The van der Waals surface area contributed by atoms with Crippen molar-refractivity contribution in [3.05, 3.63) is 35.9 Å². The summed E-state index contributed by atoms with van der Waals surface area (Å²) in [5, 5.41) is 6.25. The molecule has 142 valence electrons. The molecule has 7 nitrogen and oxygen atoms in total. The molecule has 4 rings (SSSR count). The SMILES string of the molecule is CC(NC(=O)c1noc(-c2cccc(F)c2)n1)C(=O)N1CCC2(CC1)CC2. The first-order chi connectivity index (χ1) is 13.0. The van der Waals surface area contributed by atoms with Crippen molar-refractivity contribution in [1.82, 2.24) is 20.4 Å². The molecular formula is C19H21FN4O3. The van der Waals surface area contributed by atoms with E-state index in [-0.39, 0.29) is 17.6 Å². The zero-order valence-corrected chi connectivity index (χ0v) is 15.1. The summed E-state index contributed by atoms with van der Waals surface area (Å²) in [5.41, 5.74) is 0.870. The Kier molecular flexibility index (Phi) is 4.41. The number of carbonyl (C=O) groups is 2. The first-order valence-electron chi connectivity index (χ1n) is 9.15. The molecule has 2 amide bonds. The second kappa shape index (κ2) is 6.75. The van der Waals surface area contributed by atoms with Crippen molar-refractivity contribution in [1.29, 1.82) is 0 Å². The zero-order chi connectivity index (χ0) is 19.0. The Morgan fingerprint density at radius 2 is 2.00 bits per heavy atom. The number of benzene rings is 1. The lowest BCUT2D eigenvalue weighted by Crippen LogP contribution is -2.49. The van der Waals surface area contributed by atoms with Crippen LogP contribution in [-0.4, -0.2) is 46.0 Å². The standard InChI is InChI=1S/C19H21FN4O3/c1-12(18(26)24-9-7-19(5-6-19)8-10-24)21-16(25)15-22-17(27-23-15)13-3-2-4-14(20)11-13/h2-4,11-12H,5-10H2,1H3,(H,21,25). The van der Waals surface area contributed by atoms with Gasteiger partial charge < -0.3 is 14.7 Å². The fourth-order valence-corrected chi connectivity index (χ4v) is 3.53. The predicted octanol–water partition coefficient (Wildman–Crippen LogP) is 2.40. The second-order valence-electron chi connectivity index (χ2n) is 7.45. The highest BCUT2D eigenvalue weighted by molar-refractivity contribution is 5.94. The fraction of sp³-hybridized carbons (Fsp3) is 0.474. The van der Waals surface area contributed by atoms with Crippen molar-refractivity contribution in [2.24, 2.45) is 5.41 Å². The van der Waals surface area contributed by atoms with Crippen LogP contribution in [-0.2, 0) is 4.79 Å². The Morgan fingerprint density at radius 3 is 2.67 bits per heavy atom. The number of amides is 2. The summed E-state index contributed by atoms with van der Waals surface area (Å²) in [5.74, 6) is -1.29. The van der Waals surface area contributed by atoms with Crippen LogP contribution in [0, 0.1) is 11.2 Å². The number of halogens is 1. The van der Waals surface area contributed by atoms with Crippen LogP contribution in [0.25, 0.3) is 11.5 Å². The normalized spacial score (nSPS) is 19.0. The number of likely N-dealkylation sites (tertiary alicyclic amines) is 1. The molecule has 0 radical (unpaired) electrons. The summed E-state index contributed by atoms with van der Waals surface area (Å²) in [6.07, 6.45) is 4.63. The van der Waals surface area contributed by atoms with Gasteiger partial charge >= 0.3 is 0 Å². The van der Waals surface area contributed by atoms with E-state index in [1.807, 2.05) is 4.90 Å². The lowest BCUT2D eigenvalue weighted by molar-refractivity contribution is -0.134. The van der Waals surface area contributed by atoms with Crippen molar-refractivity contribution >= 4 is 11.8 Å². The van der Waals surface area contributed by atoms with Gasteiger partial charge in [-0.3, -0.25) is 9.59 Å². The molecule has 1 aromatic heterocycles. The Labute approximate surface area is 155 Å². The molecule has 1 aliphatic carbocycles. The minimum atomic E-state index is -0.679. The van der Waals surface area contributed by atoms with Crippen LogP contribution in [0.3, 0.4) is 0 Å². The van der Waals surface area contributed by atoms with E-state index in [0.717, 1.165) is 25.9 Å². The molecule has 1 spiro atoms. The van der Waals surface area contributed by atoms with Gasteiger partial charge in [0.2, 0.25) is 5.91 Å². The maximum absolute atomic E-state index is 13.3. The number of nitrogens with zero attached hydrogens (tertiary/aromatic N) is 3. The average Bonchev–Trinajstić information content (AvgIpc) is 3.22. The van der Waals surface area contributed by atoms with E-state index in [1.165, 1.54) is 31.0 Å². The zero-order valence-electron chi connectivity index (χ0n) is 15.1. The Bertz CT molecular complexity index is 867. The van der Waals surface area contributed by atoms with Gasteiger partial charge in [-0.05, 0) is 56.2 Å². The molecule has 1 N–H and O–H groups in total. The minimum absolute atomic E-state index is 0.0457. The van der Waals surface area contributed by atoms with E-state index >= 15 is 0 Å². The molecule has 27 heavy (non-hydrogen) atoms. The van der Waals surface area contributed by atoms with Crippen LogP contribution in [0.1, 0.15) is 43.2 Å². The van der Waals surface area contributed by atoms with Crippen molar-refractivity contribution in [3.8, 4) is 11.5 Å². The summed E-state index contributed by atoms with van der Waals surface area (Å²) in [6.45, 7) is 3.13. The lowest BCUT2D eigenvalue weighted by atomic mass is 9.93. The van der Waals surface area contributed by atoms with Gasteiger partial charge in [0.05, 0.1) is 0 Å². The number of piperidine rings is 1. The van der Waals surface area contributed by atoms with Crippen LogP contribution >= 0.6 is 0 Å². The molecule has 8 heteroatoms. The van der Waals surface area contributed by atoms with Crippen LogP contribution in [0.5, 0.6) is 0 Å². The fourth-order valence-electron chi connectivity index (χ4n) is 3.53. The number of carbonyl (C=O) groups excluding carboxylic acids is 2. The van der Waals surface area contributed by atoms with Crippen molar-refractivity contribution in [3.63, 3.8) is 0 Å². The average molecular weight is 372 g/mol. The van der Waals surface area contributed by atoms with Crippen LogP contribution in [0.4, 0.5) is 4.39 Å². The van der Waals surface area contributed by atoms with Gasteiger partial charge in [0.15, 0.2) is 0 Å². The molecule has 2 aromatic rings. The predicted molar refractivity (Wildman–Crippen MR) is 94.1 cm³/mol. The monoisotopic (exact) mass is 372 g/mol. The third kappa shape index (κ3) is 3.70. The molecule has 0 bridgehead atoms. The van der Waals surface area contributed by atoms with Gasteiger partial charge in [0, 0.05) is 18.7 Å². The van der Waals surface area contributed by atoms with Gasteiger partial charge in [-0.1, -0.05) is 11.2 Å². The molecular weight excluding hydrogens is 351 g/mol. The third-order valence-electron chi connectivity index (χ3n) is 5.51. The number of aromatic nitrogens is 2. The summed E-state index contributed by atoms with van der Waals surface area (Å²) in [6, 6.07) is 4.98. The third-order valence-corrected chi connectivity index (χ3v) is 5.51. The van der Waals surface area contributed by atoms with E-state index in [2.05, 4.69) is 15.5 Å².